The largest absolute Gasteiger partial charge is 0.444 e. The first-order valence-electron chi connectivity index (χ1n) is 42.6. The van der Waals surface area contributed by atoms with Crippen LogP contribution in [0.5, 0.6) is 0 Å². The van der Waals surface area contributed by atoms with Gasteiger partial charge in [-0.15, -0.1) is 23.2 Å². The fraction of sp³-hybridized carbons (Fsp3) is 0.424. The summed E-state index contributed by atoms with van der Waals surface area (Å²) in [4.78, 5) is 112. The van der Waals surface area contributed by atoms with Gasteiger partial charge in [0, 0.05) is 95.9 Å². The number of benzene rings is 6. The number of Topliss-reactive ketones (excluding diaryl/α,β-unsaturated/α-hetero) is 3. The molecule has 6 aromatic carbocycles. The molecule has 138 heavy (non-hydrogen) atoms. The normalized spacial score (nSPS) is 17.5. The van der Waals surface area contributed by atoms with Crippen molar-refractivity contribution in [1.82, 2.24) is 39.5 Å². The maximum absolute atomic E-state index is 13.2. The average Bonchev–Trinajstić information content (AvgIpc) is 1.62. The van der Waals surface area contributed by atoms with Gasteiger partial charge in [-0.1, -0.05) is 107 Å². The van der Waals surface area contributed by atoms with Gasteiger partial charge >= 0.3 is 30.7 Å². The Labute approximate surface area is 810 Å². The van der Waals surface area contributed by atoms with Crippen LogP contribution in [0.4, 0.5) is 49.1 Å². The molecular weight excluding hydrogens is 2000 g/mol. The van der Waals surface area contributed by atoms with Crippen LogP contribution in [-0.4, -0.2) is 229 Å². The SMILES string of the molecule is C=CS(=O)(=O)N1CCC2(CC1)N=C(c1cccc(C(F)(F)F)c1)NC2=O.Cc1cc(CC(=O)[C@@H](N)CO)ccc1/C=C/S(=O)(=O)N1CCC2(CC1)N=C(c1cccc(C(F)(F)F)c1)NC2=O.Cc1cc(CC(=O)[C@H](CO)NC(=O)OC(C)(C)C)ccc1/C=C/S(=O)(=O)N1CCC2(CC1)N=C(c1cccc(C(F)(F)F)c1)NC2=O.Cc1cc(CC(=O)[C@H](CO)NC(=O)OC(C)(C)C)ccc1Br.ClCCl. The number of hydrogen-bond donors (Lipinski definition) is 9. The Bertz CT molecular complexity index is 6050. The Morgan fingerprint density at radius 1 is 0.478 bits per heavy atom. The minimum Gasteiger partial charge on any atom is -0.444 e. The number of aliphatic imine (C=N–C) groups is 3. The molecule has 3 atom stereocenters. The molecule has 31 nitrogen and oxygen atoms in total. The lowest BCUT2D eigenvalue weighted by molar-refractivity contribution is -0.138. The summed E-state index contributed by atoms with van der Waals surface area (Å²) in [5, 5.41) is 43.5. The van der Waals surface area contributed by atoms with E-state index in [1.165, 1.54) is 61.5 Å². The fourth-order valence-corrected chi connectivity index (χ4v) is 18.3. The van der Waals surface area contributed by atoms with Crippen LogP contribution in [0.15, 0.2) is 170 Å². The van der Waals surface area contributed by atoms with Crippen LogP contribution in [0.25, 0.3) is 12.2 Å². The molecular formula is C92H106BrCl2F9N12O19S3. The Morgan fingerprint density at radius 2 is 0.768 bits per heavy atom. The highest BCUT2D eigenvalue weighted by Gasteiger charge is 2.51. The smallest absolute Gasteiger partial charge is 0.416 e. The van der Waals surface area contributed by atoms with Crippen LogP contribution >= 0.6 is 39.1 Å². The van der Waals surface area contributed by atoms with Gasteiger partial charge in [0.1, 0.15) is 57.4 Å². The highest BCUT2D eigenvalue weighted by atomic mass is 79.9. The summed E-state index contributed by atoms with van der Waals surface area (Å²) < 4.78 is 208. The van der Waals surface area contributed by atoms with Gasteiger partial charge in [0.25, 0.3) is 17.7 Å². The molecule has 46 heteroatoms. The summed E-state index contributed by atoms with van der Waals surface area (Å²) in [6.07, 6.45) is -11.6. The van der Waals surface area contributed by atoms with Crippen molar-refractivity contribution >= 4 is 146 Å². The monoisotopic (exact) mass is 2100 g/mol. The van der Waals surface area contributed by atoms with E-state index in [-0.39, 0.29) is 148 Å². The van der Waals surface area contributed by atoms with Crippen molar-refractivity contribution in [2.24, 2.45) is 20.7 Å². The maximum Gasteiger partial charge on any atom is 0.416 e. The zero-order chi connectivity index (χ0) is 103. The molecule has 12 rings (SSSR count). The van der Waals surface area contributed by atoms with Crippen molar-refractivity contribution in [2.75, 3.05) is 64.4 Å². The van der Waals surface area contributed by atoms with E-state index in [4.69, 9.17) is 43.5 Å². The number of aliphatic hydroxyl groups is 3. The highest BCUT2D eigenvalue weighted by Crippen LogP contribution is 2.39. The van der Waals surface area contributed by atoms with E-state index in [1.54, 1.807) is 91.8 Å². The number of ether oxygens (including phenoxy) is 2. The minimum absolute atomic E-state index is 0.00457. The second-order valence-corrected chi connectivity index (χ2v) is 41.9. The molecule has 3 saturated heterocycles. The molecule has 6 heterocycles. The third-order valence-corrected chi connectivity index (χ3v) is 27.8. The Morgan fingerprint density at radius 3 is 1.04 bits per heavy atom. The van der Waals surface area contributed by atoms with Gasteiger partial charge in [-0.2, -0.15) is 52.4 Å². The lowest BCUT2D eigenvalue weighted by Gasteiger charge is -2.34. The van der Waals surface area contributed by atoms with E-state index in [1.807, 2.05) is 25.1 Å². The standard InChI is InChI=1S/C32H37F3N4O7S.C27H29F3N4O5S.C16H22BrNO4.C16H16F3N3O3S.CH2Cl2/c1-20-16-21(17-26(41)25(19-40)36-29(43)46-30(2,3)4)8-9-22(20)10-15-47(44,45)39-13-11-31(12-14-39)28(42)37-27(38-31)23-6-5-7-24(18-23)32(33,34)35;1-17-13-18(14-23(36)22(31)16-35)5-6-19(17)7-12-40(38,39)34-10-8-26(9-11-34)25(37)32-24(33-26)20-3-2-4-21(15-20)27(28,29)30;1-10-7-11(5-6-12(10)17)8-14(20)13(9-19)18-15(21)22-16(2,3)4;1-2-26(24,25)22-8-6-15(7-9-22)14(23)20-13(21-15)11-4-3-5-12(10-11)16(17,18)19;2-1-3/h5-10,15-16,18,25,40H,11-14,17,19H2,1-4H3,(H,36,43)(H,37,38,42);2-7,12-13,15,22,35H,8-11,14,16,31H2,1H3,(H,32,33,37);5-7,13,19H,8-9H2,1-4H3,(H,18,21);2-5,10H,1,6-9H2,(H,20,21,23);1H2/b15-10+;12-7+;;;/t25-;22-;13-;;/m000../s1. The summed E-state index contributed by atoms with van der Waals surface area (Å²) in [6.45, 7) is 17.5. The number of amides is 5. The number of aryl methyl sites for hydroxylation is 3. The lowest BCUT2D eigenvalue weighted by Crippen LogP contribution is -2.50. The van der Waals surface area contributed by atoms with E-state index in [2.05, 4.69) is 64.1 Å². The topological polar surface area (TPSA) is 451 Å². The number of alkyl halides is 11. The summed E-state index contributed by atoms with van der Waals surface area (Å²) in [6, 6.07) is 26.1. The van der Waals surface area contributed by atoms with Crippen molar-refractivity contribution < 1.29 is 128 Å². The quantitative estimate of drug-likeness (QED) is 0.0190. The number of nitrogens with zero attached hydrogens (tertiary/aromatic N) is 6. The van der Waals surface area contributed by atoms with Crippen LogP contribution in [0.2, 0.25) is 0 Å². The van der Waals surface area contributed by atoms with Gasteiger partial charge in [0.2, 0.25) is 30.1 Å². The number of nitrogens with two attached hydrogens (primary N) is 1. The van der Waals surface area contributed by atoms with Gasteiger partial charge in [-0.3, -0.25) is 43.7 Å². The predicted octanol–water partition coefficient (Wildman–Crippen LogP) is 11.9. The highest BCUT2D eigenvalue weighted by molar-refractivity contribution is 9.10. The van der Waals surface area contributed by atoms with Gasteiger partial charge in [0.15, 0.2) is 17.3 Å². The first-order chi connectivity index (χ1) is 64.2. The molecule has 6 aliphatic rings. The van der Waals surface area contributed by atoms with Gasteiger partial charge < -0.3 is 57.1 Å². The zero-order valence-electron chi connectivity index (χ0n) is 76.3. The molecule has 0 radical (unpaired) electrons. The number of amidine groups is 3. The third-order valence-electron chi connectivity index (χ3n) is 22.3. The maximum atomic E-state index is 13.2. The number of rotatable bonds is 25. The molecule has 0 unspecified atom stereocenters. The number of piperidine rings is 3. The Balaban J connectivity index is 0.000000232. The molecule has 10 N–H and O–H groups in total. The number of ketones is 3. The number of halogens is 12. The number of alkyl carbamates (subject to hydrolysis) is 2. The van der Waals surface area contributed by atoms with Crippen molar-refractivity contribution in [1.29, 1.82) is 0 Å². The van der Waals surface area contributed by atoms with E-state index < -0.39 is 167 Å². The van der Waals surface area contributed by atoms with Crippen LogP contribution in [0, 0.1) is 20.8 Å². The van der Waals surface area contributed by atoms with E-state index in [0.29, 0.717) is 27.8 Å². The first kappa shape index (κ1) is 113. The van der Waals surface area contributed by atoms with Crippen molar-refractivity contribution in [3.05, 3.63) is 233 Å². The minimum atomic E-state index is -4.56. The lowest BCUT2D eigenvalue weighted by atomic mass is 9.89. The second kappa shape index (κ2) is 46.7. The predicted molar refractivity (Wildman–Crippen MR) is 504 cm³/mol. The van der Waals surface area contributed by atoms with Gasteiger partial charge in [0.05, 0.1) is 47.9 Å². The number of hydrogen-bond acceptors (Lipinski definition) is 23. The summed E-state index contributed by atoms with van der Waals surface area (Å²) in [5.74, 6) is -2.28. The van der Waals surface area contributed by atoms with Crippen LogP contribution in [0.3, 0.4) is 0 Å². The summed E-state index contributed by atoms with van der Waals surface area (Å²) >= 11 is 12.9. The van der Waals surface area contributed by atoms with Gasteiger partial charge in [-0.05, 0) is 200 Å². The third kappa shape index (κ3) is 31.0. The number of carbonyl (C=O) groups excluding carboxylic acids is 8. The Kier molecular flexibility index (Phi) is 38.2. The van der Waals surface area contributed by atoms with Crippen LogP contribution in [-0.2, 0) is 106 Å². The first-order valence-corrected chi connectivity index (χ1v) is 49.0. The number of sulfonamides is 3. The molecule has 6 aliphatic heterocycles. The number of nitrogens with one attached hydrogen (secondary N) is 5. The van der Waals surface area contributed by atoms with Crippen LogP contribution < -0.4 is 32.3 Å². The molecule has 0 aromatic heterocycles. The summed E-state index contributed by atoms with van der Waals surface area (Å²) in [7, 11) is -11.3. The van der Waals surface area contributed by atoms with Crippen molar-refractivity contribution in [3.63, 3.8) is 0 Å². The average molecular weight is 2100 g/mol. The fourth-order valence-electron chi connectivity index (χ4n) is 14.8. The molecule has 6 aromatic rings. The molecule has 0 bridgehead atoms. The molecule has 5 amide bonds. The van der Waals surface area contributed by atoms with E-state index >= 15 is 0 Å². The van der Waals surface area contributed by atoms with E-state index in [0.717, 1.165) is 73.8 Å². The van der Waals surface area contributed by atoms with Crippen LogP contribution in [0.1, 0.15) is 158 Å². The van der Waals surface area contributed by atoms with Crippen molar-refractivity contribution in [2.45, 2.75) is 185 Å². The van der Waals surface area contributed by atoms with Crippen molar-refractivity contribution in [3.8, 4) is 0 Å². The van der Waals surface area contributed by atoms with E-state index in [9.17, 15) is 113 Å². The van der Waals surface area contributed by atoms with Gasteiger partial charge in [-0.25, -0.2) is 34.8 Å². The summed E-state index contributed by atoms with van der Waals surface area (Å²) in [5.41, 5.74) is 4.02. The molecule has 0 saturated carbocycles. The molecule has 3 fully saturated rings. The molecule has 750 valence electrons. The Hall–Kier alpha value is -10.5. The zero-order valence-corrected chi connectivity index (χ0v) is 81.8. The number of carbonyl (C=O) groups is 8. The molecule has 3 spiro atoms. The molecule has 0 aliphatic carbocycles. The second-order valence-electron chi connectivity index (χ2n) is 34.7. The number of aliphatic hydroxyl groups excluding tert-OH is 3.